The lowest BCUT2D eigenvalue weighted by atomic mass is 9.85. The number of aromatic nitrogens is 3. The Morgan fingerprint density at radius 2 is 1.87 bits per heavy atom. The van der Waals surface area contributed by atoms with Crippen molar-refractivity contribution in [2.45, 2.75) is 88.6 Å². The summed E-state index contributed by atoms with van der Waals surface area (Å²) in [5.74, 6) is -1.52. The van der Waals surface area contributed by atoms with Gasteiger partial charge in [-0.05, 0) is 54.9 Å². The Labute approximate surface area is 223 Å². The summed E-state index contributed by atoms with van der Waals surface area (Å²) in [5, 5.41) is 21.6. The lowest BCUT2D eigenvalue weighted by Gasteiger charge is -2.34. The van der Waals surface area contributed by atoms with E-state index < -0.39 is 52.5 Å². The third-order valence-corrected chi connectivity index (χ3v) is 8.00. The van der Waals surface area contributed by atoms with Crippen molar-refractivity contribution in [1.82, 2.24) is 25.2 Å². The van der Waals surface area contributed by atoms with Gasteiger partial charge in [-0.2, -0.15) is 13.2 Å². The molecule has 2 N–H and O–H groups in total. The van der Waals surface area contributed by atoms with E-state index in [1.807, 2.05) is 20.8 Å². The number of hydrogen-bond donors (Lipinski definition) is 2. The maximum Gasteiger partial charge on any atom is 0.416 e. The Bertz CT molecular complexity index is 1260. The van der Waals surface area contributed by atoms with Gasteiger partial charge in [0.2, 0.25) is 11.8 Å². The number of alkyl halides is 3. The molecule has 0 radical (unpaired) electrons. The zero-order valence-corrected chi connectivity index (χ0v) is 22.1. The SMILES string of the molecule is CC(C)(C)[C@@H](C(=O)N1CC(O)CC1C(=O)NCC1(c2cc(F)cc(C(F)(F)F)c2)CC1)n1cc(C2CC2)nn1. The minimum Gasteiger partial charge on any atom is -0.391 e. The van der Waals surface area contributed by atoms with Crippen LogP contribution in [0.5, 0.6) is 0 Å². The summed E-state index contributed by atoms with van der Waals surface area (Å²) in [7, 11) is 0. The quantitative estimate of drug-likeness (QED) is 0.511. The third kappa shape index (κ3) is 5.66. The number of rotatable bonds is 7. The number of hydrogen-bond acceptors (Lipinski definition) is 5. The number of carbonyl (C=O) groups is 2. The smallest absolute Gasteiger partial charge is 0.391 e. The van der Waals surface area contributed by atoms with Crippen LogP contribution in [0, 0.1) is 11.2 Å². The molecule has 39 heavy (non-hydrogen) atoms. The van der Waals surface area contributed by atoms with Crippen LogP contribution in [-0.2, 0) is 21.2 Å². The molecule has 2 aliphatic carbocycles. The molecule has 12 heteroatoms. The first-order chi connectivity index (χ1) is 18.2. The van der Waals surface area contributed by atoms with Gasteiger partial charge in [0.25, 0.3) is 0 Å². The Morgan fingerprint density at radius 1 is 1.18 bits per heavy atom. The fourth-order valence-corrected chi connectivity index (χ4v) is 5.48. The highest BCUT2D eigenvalue weighted by atomic mass is 19.4. The minimum atomic E-state index is -4.69. The number of β-amino-alcohol motifs (C(OH)–C–C–N with tert-alkyl or cyclic N) is 1. The van der Waals surface area contributed by atoms with E-state index in [0.717, 1.165) is 30.7 Å². The number of likely N-dealkylation sites (tertiary alicyclic amines) is 1. The maximum absolute atomic E-state index is 14.0. The van der Waals surface area contributed by atoms with E-state index >= 15 is 0 Å². The molecule has 2 unspecified atom stereocenters. The molecule has 2 aromatic rings. The van der Waals surface area contributed by atoms with Crippen molar-refractivity contribution >= 4 is 11.8 Å². The fraction of sp³-hybridized carbons (Fsp3) is 0.630. The summed E-state index contributed by atoms with van der Waals surface area (Å²) in [6.07, 6.45) is -0.746. The molecule has 2 saturated carbocycles. The molecular formula is C27H33F4N5O3. The predicted octanol–water partition coefficient (Wildman–Crippen LogP) is 3.71. The molecule has 0 spiro atoms. The average Bonchev–Trinajstić information content (AvgIpc) is 3.75. The average molecular weight is 552 g/mol. The largest absolute Gasteiger partial charge is 0.416 e. The van der Waals surface area contributed by atoms with Gasteiger partial charge in [-0.3, -0.25) is 9.59 Å². The van der Waals surface area contributed by atoms with Gasteiger partial charge in [0.1, 0.15) is 17.9 Å². The zero-order chi connectivity index (χ0) is 28.3. The van der Waals surface area contributed by atoms with Crippen LogP contribution in [0.2, 0.25) is 0 Å². The number of aliphatic hydroxyl groups excluding tert-OH is 1. The number of carbonyl (C=O) groups excluding carboxylic acids is 2. The number of nitrogens with zero attached hydrogens (tertiary/aromatic N) is 4. The molecule has 3 atom stereocenters. The molecule has 212 valence electrons. The number of halogens is 4. The first-order valence-electron chi connectivity index (χ1n) is 13.2. The second-order valence-electron chi connectivity index (χ2n) is 12.3. The van der Waals surface area contributed by atoms with Gasteiger partial charge in [0.05, 0.1) is 17.4 Å². The molecule has 1 aliphatic heterocycles. The highest BCUT2D eigenvalue weighted by molar-refractivity contribution is 5.90. The molecule has 1 aromatic heterocycles. The molecule has 8 nitrogen and oxygen atoms in total. The molecule has 3 aliphatic rings. The Morgan fingerprint density at radius 3 is 2.46 bits per heavy atom. The topological polar surface area (TPSA) is 100 Å². The summed E-state index contributed by atoms with van der Waals surface area (Å²) < 4.78 is 55.3. The fourth-order valence-electron chi connectivity index (χ4n) is 5.48. The second kappa shape index (κ2) is 9.57. The summed E-state index contributed by atoms with van der Waals surface area (Å²) in [6, 6.07) is 0.736. The summed E-state index contributed by atoms with van der Waals surface area (Å²) in [6.45, 7) is 5.64. The first-order valence-corrected chi connectivity index (χ1v) is 13.2. The van der Waals surface area contributed by atoms with Crippen LogP contribution in [0.25, 0.3) is 0 Å². The molecule has 2 amide bonds. The van der Waals surface area contributed by atoms with Crippen molar-refractivity contribution in [3.63, 3.8) is 0 Å². The van der Waals surface area contributed by atoms with Crippen LogP contribution in [0.1, 0.15) is 81.7 Å². The maximum atomic E-state index is 14.0. The summed E-state index contributed by atoms with van der Waals surface area (Å²) in [4.78, 5) is 28.5. The van der Waals surface area contributed by atoms with Gasteiger partial charge in [-0.25, -0.2) is 9.07 Å². The van der Waals surface area contributed by atoms with Crippen LogP contribution in [-0.4, -0.2) is 62.0 Å². The predicted molar refractivity (Wildman–Crippen MR) is 132 cm³/mol. The summed E-state index contributed by atoms with van der Waals surface area (Å²) in [5.41, 5.74) is -1.45. The second-order valence-corrected chi connectivity index (χ2v) is 12.3. The van der Waals surface area contributed by atoms with Gasteiger partial charge in [-0.15, -0.1) is 5.10 Å². The third-order valence-electron chi connectivity index (χ3n) is 8.00. The molecule has 3 fully saturated rings. The number of amides is 2. The van der Waals surface area contributed by atoms with Crippen LogP contribution in [0.3, 0.4) is 0 Å². The van der Waals surface area contributed by atoms with Crippen molar-refractivity contribution in [3.05, 3.63) is 47.0 Å². The van der Waals surface area contributed by atoms with Gasteiger partial charge in [0, 0.05) is 37.0 Å². The van der Waals surface area contributed by atoms with Crippen molar-refractivity contribution in [3.8, 4) is 0 Å². The van der Waals surface area contributed by atoms with Crippen molar-refractivity contribution < 1.29 is 32.3 Å². The van der Waals surface area contributed by atoms with E-state index in [4.69, 9.17) is 0 Å². The monoisotopic (exact) mass is 551 g/mol. The van der Waals surface area contributed by atoms with E-state index in [-0.39, 0.29) is 31.0 Å². The number of benzene rings is 1. The minimum absolute atomic E-state index is 0.00225. The molecule has 2 heterocycles. The van der Waals surface area contributed by atoms with Crippen LogP contribution < -0.4 is 5.32 Å². The summed E-state index contributed by atoms with van der Waals surface area (Å²) >= 11 is 0. The van der Waals surface area contributed by atoms with E-state index in [9.17, 15) is 32.3 Å². The Hall–Kier alpha value is -3.02. The number of nitrogens with one attached hydrogen (secondary N) is 1. The van der Waals surface area contributed by atoms with Crippen LogP contribution >= 0.6 is 0 Å². The zero-order valence-electron chi connectivity index (χ0n) is 22.1. The van der Waals surface area contributed by atoms with Gasteiger partial charge >= 0.3 is 6.18 Å². The highest BCUT2D eigenvalue weighted by Crippen LogP contribution is 2.49. The van der Waals surface area contributed by atoms with E-state index in [2.05, 4.69) is 15.6 Å². The highest BCUT2D eigenvalue weighted by Gasteiger charge is 2.48. The van der Waals surface area contributed by atoms with Crippen molar-refractivity contribution in [2.24, 2.45) is 5.41 Å². The van der Waals surface area contributed by atoms with Gasteiger partial charge in [-0.1, -0.05) is 26.0 Å². The Kier molecular flexibility index (Phi) is 6.76. The standard InChI is InChI=1S/C27H33F4N5O3/c1-25(2,3)22(36-13-20(33-34-36)15-4-5-15)24(39)35-12-19(37)11-21(35)23(38)32-14-26(6-7-26)16-8-17(27(29,30)31)10-18(28)9-16/h8-10,13,15,19,21-22,37H,4-7,11-12,14H2,1-3H3,(H,32,38)/t19?,21?,22-/m1/s1. The number of aliphatic hydroxyl groups is 1. The molecule has 0 bridgehead atoms. The molecule has 1 aromatic carbocycles. The van der Waals surface area contributed by atoms with E-state index in [1.54, 1.807) is 6.20 Å². The normalized spacial score (nSPS) is 23.5. The van der Waals surface area contributed by atoms with Crippen LogP contribution in [0.15, 0.2) is 24.4 Å². The first kappa shape index (κ1) is 27.5. The molecule has 5 rings (SSSR count). The lowest BCUT2D eigenvalue weighted by molar-refractivity contribution is -0.144. The van der Waals surface area contributed by atoms with Gasteiger partial charge < -0.3 is 15.3 Å². The van der Waals surface area contributed by atoms with Crippen LogP contribution in [0.4, 0.5) is 17.6 Å². The van der Waals surface area contributed by atoms with Gasteiger partial charge in [0.15, 0.2) is 0 Å². The van der Waals surface area contributed by atoms with Crippen molar-refractivity contribution in [1.29, 1.82) is 0 Å². The lowest BCUT2D eigenvalue weighted by Crippen LogP contribution is -2.51. The molecular weight excluding hydrogens is 518 g/mol. The van der Waals surface area contributed by atoms with Crippen molar-refractivity contribution in [2.75, 3.05) is 13.1 Å². The van der Waals surface area contributed by atoms with E-state index in [0.29, 0.717) is 24.8 Å². The Balaban J connectivity index is 1.32. The molecule has 1 saturated heterocycles. The van der Waals surface area contributed by atoms with E-state index in [1.165, 1.54) is 9.58 Å².